The topological polar surface area (TPSA) is 62.2 Å². The van der Waals surface area contributed by atoms with Gasteiger partial charge in [-0.05, 0) is 25.5 Å². The zero-order valence-electron chi connectivity index (χ0n) is 16.3. The van der Waals surface area contributed by atoms with E-state index in [1.807, 2.05) is 18.3 Å². The third kappa shape index (κ3) is 6.62. The maximum absolute atomic E-state index is 5.48. The van der Waals surface area contributed by atoms with E-state index in [1.54, 1.807) is 7.11 Å². The van der Waals surface area contributed by atoms with Gasteiger partial charge in [0.1, 0.15) is 5.82 Å². The number of aromatic nitrogens is 1. The lowest BCUT2D eigenvalue weighted by atomic mass is 10.1. The highest BCUT2D eigenvalue weighted by molar-refractivity contribution is 8.93. The number of methoxy groups -OCH3 is 1. The molecule has 3 heterocycles. The molecule has 0 aliphatic carbocycles. The van der Waals surface area contributed by atoms with Gasteiger partial charge in [-0.25, -0.2) is 4.98 Å². The van der Waals surface area contributed by atoms with Crippen LogP contribution in [0.2, 0.25) is 0 Å². The van der Waals surface area contributed by atoms with Crippen LogP contribution in [0.15, 0.2) is 29.4 Å². The van der Waals surface area contributed by atoms with Gasteiger partial charge in [0.25, 0.3) is 0 Å². The summed E-state index contributed by atoms with van der Waals surface area (Å²) >= 11 is 0. The first-order chi connectivity index (χ1) is 12.8. The first-order valence-electron chi connectivity index (χ1n) is 9.55. The summed E-state index contributed by atoms with van der Waals surface area (Å²) in [5.41, 5.74) is 0. The Labute approximate surface area is 172 Å². The van der Waals surface area contributed by atoms with Crippen LogP contribution >= 0.6 is 17.0 Å². The summed E-state index contributed by atoms with van der Waals surface area (Å²) in [5.74, 6) is 2.58. The Hall–Kier alpha value is -1.38. The van der Waals surface area contributed by atoms with E-state index in [9.17, 15) is 0 Å². The molecular formula is C19H32BrN5O2. The minimum atomic E-state index is 0. The van der Waals surface area contributed by atoms with Gasteiger partial charge in [0.15, 0.2) is 5.96 Å². The van der Waals surface area contributed by atoms with Crippen LogP contribution in [0.3, 0.4) is 0 Å². The number of halogens is 1. The summed E-state index contributed by atoms with van der Waals surface area (Å²) in [6, 6.07) is 6.30. The average Bonchev–Trinajstić information content (AvgIpc) is 3.20. The molecule has 2 fully saturated rings. The number of pyridine rings is 1. The second kappa shape index (κ2) is 11.5. The number of nitrogens with zero attached hydrogens (tertiary/aromatic N) is 4. The number of aliphatic imine (C=N–C) groups is 1. The maximum atomic E-state index is 5.48. The molecule has 152 valence electrons. The molecule has 0 saturated carbocycles. The number of hydrogen-bond donors (Lipinski definition) is 1. The standard InChI is InChI=1S/C19H31N5O2.BrH/c1-16(14-25-2)22-19(21-13-17-6-12-26-15-17)24-10-8-23(9-11-24)18-5-3-4-7-20-18;/h3-5,7,16-17H,6,8-15H2,1-2H3,(H,21,22);1H. The van der Waals surface area contributed by atoms with Gasteiger partial charge in [-0.1, -0.05) is 6.07 Å². The molecule has 7 nitrogen and oxygen atoms in total. The van der Waals surface area contributed by atoms with Crippen LogP contribution in [-0.2, 0) is 9.47 Å². The van der Waals surface area contributed by atoms with Crippen molar-refractivity contribution in [2.24, 2.45) is 10.9 Å². The first kappa shape index (κ1) is 21.9. The molecule has 1 aromatic heterocycles. The normalized spacial score (nSPS) is 21.7. The smallest absolute Gasteiger partial charge is 0.194 e. The van der Waals surface area contributed by atoms with Crippen molar-refractivity contribution in [1.82, 2.24) is 15.2 Å². The van der Waals surface area contributed by atoms with Crippen LogP contribution in [0.25, 0.3) is 0 Å². The molecule has 3 rings (SSSR count). The molecule has 0 bridgehead atoms. The largest absolute Gasteiger partial charge is 0.383 e. The Morgan fingerprint density at radius 2 is 2.19 bits per heavy atom. The lowest BCUT2D eigenvalue weighted by Gasteiger charge is -2.38. The lowest BCUT2D eigenvalue weighted by Crippen LogP contribution is -2.54. The number of guanidine groups is 1. The minimum Gasteiger partial charge on any atom is -0.383 e. The summed E-state index contributed by atoms with van der Waals surface area (Å²) in [7, 11) is 1.73. The monoisotopic (exact) mass is 441 g/mol. The Morgan fingerprint density at radius 3 is 2.81 bits per heavy atom. The summed E-state index contributed by atoms with van der Waals surface area (Å²) in [6.45, 7) is 9.08. The van der Waals surface area contributed by atoms with Crippen molar-refractivity contribution in [1.29, 1.82) is 0 Å². The van der Waals surface area contributed by atoms with Gasteiger partial charge >= 0.3 is 0 Å². The van der Waals surface area contributed by atoms with Crippen molar-refractivity contribution < 1.29 is 9.47 Å². The third-order valence-corrected chi connectivity index (χ3v) is 4.87. The van der Waals surface area contributed by atoms with Crippen molar-refractivity contribution in [3.8, 4) is 0 Å². The molecule has 2 aliphatic heterocycles. The van der Waals surface area contributed by atoms with Gasteiger partial charge in [0.05, 0.1) is 13.2 Å². The van der Waals surface area contributed by atoms with Gasteiger partial charge in [-0.3, -0.25) is 4.99 Å². The Kier molecular flexibility index (Phi) is 9.30. The summed E-state index contributed by atoms with van der Waals surface area (Å²) < 4.78 is 10.8. The van der Waals surface area contributed by atoms with Crippen LogP contribution in [0.5, 0.6) is 0 Å². The highest BCUT2D eigenvalue weighted by Gasteiger charge is 2.22. The molecule has 0 spiro atoms. The number of nitrogens with one attached hydrogen (secondary N) is 1. The molecule has 27 heavy (non-hydrogen) atoms. The first-order valence-corrected chi connectivity index (χ1v) is 9.55. The van der Waals surface area contributed by atoms with E-state index in [4.69, 9.17) is 14.5 Å². The van der Waals surface area contributed by atoms with Crippen LogP contribution in [0, 0.1) is 5.92 Å². The molecule has 2 saturated heterocycles. The maximum Gasteiger partial charge on any atom is 0.194 e. The van der Waals surface area contributed by atoms with Crippen molar-refractivity contribution in [3.05, 3.63) is 24.4 Å². The fraction of sp³-hybridized carbons (Fsp3) is 0.684. The molecule has 2 atom stereocenters. The van der Waals surface area contributed by atoms with Gasteiger partial charge in [-0.2, -0.15) is 0 Å². The van der Waals surface area contributed by atoms with Gasteiger partial charge in [-0.15, -0.1) is 17.0 Å². The summed E-state index contributed by atoms with van der Waals surface area (Å²) in [4.78, 5) is 14.1. The highest BCUT2D eigenvalue weighted by Crippen LogP contribution is 2.15. The van der Waals surface area contributed by atoms with E-state index in [-0.39, 0.29) is 23.0 Å². The second-order valence-corrected chi connectivity index (χ2v) is 7.06. The van der Waals surface area contributed by atoms with Gasteiger partial charge in [0.2, 0.25) is 0 Å². The quantitative estimate of drug-likeness (QED) is 0.536. The second-order valence-electron chi connectivity index (χ2n) is 7.06. The van der Waals surface area contributed by atoms with E-state index in [0.29, 0.717) is 12.5 Å². The fourth-order valence-corrected chi connectivity index (χ4v) is 3.38. The van der Waals surface area contributed by atoms with Gasteiger partial charge < -0.3 is 24.6 Å². The average molecular weight is 442 g/mol. The SMILES string of the molecule is Br.COCC(C)NC(=NCC1CCOC1)N1CCN(c2ccccn2)CC1. The van der Waals surface area contributed by atoms with Crippen LogP contribution in [0.4, 0.5) is 5.82 Å². The zero-order chi connectivity index (χ0) is 18.2. The van der Waals surface area contributed by atoms with E-state index in [0.717, 1.165) is 64.1 Å². The van der Waals surface area contributed by atoms with E-state index in [1.165, 1.54) is 0 Å². The summed E-state index contributed by atoms with van der Waals surface area (Å²) in [6.07, 6.45) is 2.96. The van der Waals surface area contributed by atoms with Crippen molar-refractivity contribution in [3.63, 3.8) is 0 Å². The highest BCUT2D eigenvalue weighted by atomic mass is 79.9. The number of anilines is 1. The predicted molar refractivity (Wildman–Crippen MR) is 114 cm³/mol. The number of piperazine rings is 1. The van der Waals surface area contributed by atoms with Crippen LogP contribution in [-0.4, -0.2) is 81.5 Å². The third-order valence-electron chi connectivity index (χ3n) is 4.87. The number of hydrogen-bond acceptors (Lipinski definition) is 5. The van der Waals surface area contributed by atoms with Crippen LogP contribution < -0.4 is 10.2 Å². The molecular weight excluding hydrogens is 410 g/mol. The van der Waals surface area contributed by atoms with E-state index >= 15 is 0 Å². The Balaban J connectivity index is 0.00000261. The molecule has 0 aromatic carbocycles. The van der Waals surface area contributed by atoms with Crippen molar-refractivity contribution in [2.45, 2.75) is 19.4 Å². The molecule has 2 aliphatic rings. The van der Waals surface area contributed by atoms with Crippen molar-refractivity contribution in [2.75, 3.05) is 64.6 Å². The van der Waals surface area contributed by atoms with E-state index in [2.05, 4.69) is 33.1 Å². The number of rotatable bonds is 6. The van der Waals surface area contributed by atoms with Crippen LogP contribution in [0.1, 0.15) is 13.3 Å². The van der Waals surface area contributed by atoms with Gasteiger partial charge in [0, 0.05) is 64.6 Å². The fourth-order valence-electron chi connectivity index (χ4n) is 3.38. The molecule has 8 heteroatoms. The zero-order valence-corrected chi connectivity index (χ0v) is 18.1. The molecule has 0 radical (unpaired) electrons. The predicted octanol–water partition coefficient (Wildman–Crippen LogP) is 1.80. The Morgan fingerprint density at radius 1 is 1.37 bits per heavy atom. The van der Waals surface area contributed by atoms with E-state index < -0.39 is 0 Å². The molecule has 2 unspecified atom stereocenters. The number of ether oxygens (including phenoxy) is 2. The minimum absolute atomic E-state index is 0. The van der Waals surface area contributed by atoms with Crippen molar-refractivity contribution >= 4 is 28.8 Å². The molecule has 1 aromatic rings. The molecule has 1 N–H and O–H groups in total. The molecule has 0 amide bonds. The lowest BCUT2D eigenvalue weighted by molar-refractivity contribution is 0.177. The summed E-state index contributed by atoms with van der Waals surface area (Å²) in [5, 5.41) is 3.54. The Bertz CT molecular complexity index is 560.